The molecule has 0 spiro atoms. The van der Waals surface area contributed by atoms with Crippen LogP contribution in [0.15, 0.2) is 18.2 Å². The van der Waals surface area contributed by atoms with Crippen molar-refractivity contribution >= 4 is 5.78 Å². The number of ketones is 1. The standard InChI is InChI=1S/C16H16O7/c1-2-3-7-4-9(15(22)16(23)13(7)20)14(21)12-10(18)5-8(17)6-11(12)19/h4-6,17-20,22-23H,2-3H2,1H3. The molecule has 2 aromatic carbocycles. The third-order valence-electron chi connectivity index (χ3n) is 3.40. The lowest BCUT2D eigenvalue weighted by Gasteiger charge is -2.13. The first kappa shape index (κ1) is 16.3. The lowest BCUT2D eigenvalue weighted by Crippen LogP contribution is -2.04. The summed E-state index contributed by atoms with van der Waals surface area (Å²) in [5.41, 5.74) is -0.686. The number of rotatable bonds is 4. The summed E-state index contributed by atoms with van der Waals surface area (Å²) in [7, 11) is 0. The molecular formula is C16H16O7. The van der Waals surface area contributed by atoms with Crippen molar-refractivity contribution in [1.82, 2.24) is 0 Å². The number of benzene rings is 2. The van der Waals surface area contributed by atoms with Crippen molar-refractivity contribution in [3.8, 4) is 34.5 Å². The Morgan fingerprint density at radius 2 is 1.43 bits per heavy atom. The minimum Gasteiger partial charge on any atom is -0.508 e. The lowest BCUT2D eigenvalue weighted by molar-refractivity contribution is 0.103. The number of aromatic hydroxyl groups is 6. The van der Waals surface area contributed by atoms with Crippen molar-refractivity contribution in [2.75, 3.05) is 0 Å². The van der Waals surface area contributed by atoms with Gasteiger partial charge in [0.1, 0.15) is 22.8 Å². The maximum Gasteiger partial charge on any atom is 0.204 e. The molecule has 2 aromatic rings. The molecule has 2 rings (SSSR count). The van der Waals surface area contributed by atoms with Crippen LogP contribution in [-0.2, 0) is 6.42 Å². The molecule has 0 aliphatic carbocycles. The molecule has 0 saturated carbocycles. The third kappa shape index (κ3) is 2.80. The average Bonchev–Trinajstić information content (AvgIpc) is 2.46. The minimum absolute atomic E-state index is 0.240. The Hall–Kier alpha value is -3.09. The summed E-state index contributed by atoms with van der Waals surface area (Å²) in [4.78, 5) is 12.5. The molecule has 122 valence electrons. The molecule has 0 aromatic heterocycles. The molecule has 23 heavy (non-hydrogen) atoms. The van der Waals surface area contributed by atoms with Crippen molar-refractivity contribution in [2.24, 2.45) is 0 Å². The number of phenolic OH excluding ortho intramolecular Hbond substituents is 6. The molecule has 6 N–H and O–H groups in total. The van der Waals surface area contributed by atoms with E-state index in [4.69, 9.17) is 0 Å². The molecule has 0 radical (unpaired) electrons. The van der Waals surface area contributed by atoms with Crippen molar-refractivity contribution in [3.05, 3.63) is 34.9 Å². The molecule has 0 atom stereocenters. The van der Waals surface area contributed by atoms with Gasteiger partial charge in [-0.05, 0) is 18.1 Å². The first-order chi connectivity index (χ1) is 10.8. The van der Waals surface area contributed by atoms with Gasteiger partial charge in [-0.15, -0.1) is 0 Å². The Morgan fingerprint density at radius 1 is 0.870 bits per heavy atom. The zero-order chi connectivity index (χ0) is 17.3. The molecule has 0 saturated heterocycles. The van der Waals surface area contributed by atoms with E-state index in [1.54, 1.807) is 0 Å². The van der Waals surface area contributed by atoms with E-state index in [2.05, 4.69) is 0 Å². The van der Waals surface area contributed by atoms with Crippen LogP contribution >= 0.6 is 0 Å². The Balaban J connectivity index is 2.65. The largest absolute Gasteiger partial charge is 0.508 e. The Bertz CT molecular complexity index is 757. The van der Waals surface area contributed by atoms with Gasteiger partial charge in [-0.3, -0.25) is 4.79 Å². The Labute approximate surface area is 131 Å². The minimum atomic E-state index is -0.967. The predicted molar refractivity (Wildman–Crippen MR) is 80.3 cm³/mol. The van der Waals surface area contributed by atoms with Crippen LogP contribution < -0.4 is 0 Å². The third-order valence-corrected chi connectivity index (χ3v) is 3.40. The van der Waals surface area contributed by atoms with Gasteiger partial charge >= 0.3 is 0 Å². The summed E-state index contributed by atoms with van der Waals surface area (Å²) in [6, 6.07) is 2.90. The van der Waals surface area contributed by atoms with Crippen molar-refractivity contribution < 1.29 is 35.4 Å². The van der Waals surface area contributed by atoms with Crippen molar-refractivity contribution in [1.29, 1.82) is 0 Å². The molecule has 7 nitrogen and oxygen atoms in total. The zero-order valence-corrected chi connectivity index (χ0v) is 12.2. The quantitative estimate of drug-likeness (QED) is 0.374. The van der Waals surface area contributed by atoms with Gasteiger partial charge in [0, 0.05) is 12.1 Å². The Kier molecular flexibility index (Phi) is 4.22. The first-order valence-electron chi connectivity index (χ1n) is 6.84. The second kappa shape index (κ2) is 5.96. The first-order valence-corrected chi connectivity index (χ1v) is 6.84. The van der Waals surface area contributed by atoms with E-state index in [-0.39, 0.29) is 11.1 Å². The van der Waals surface area contributed by atoms with Gasteiger partial charge in [0.05, 0.1) is 5.56 Å². The topological polar surface area (TPSA) is 138 Å². The van der Waals surface area contributed by atoms with Gasteiger partial charge in [0.2, 0.25) is 11.5 Å². The second-order valence-electron chi connectivity index (χ2n) is 5.07. The number of aryl methyl sites for hydroxylation is 1. The van der Waals surface area contributed by atoms with Gasteiger partial charge in [0.15, 0.2) is 11.5 Å². The molecule has 0 heterocycles. The van der Waals surface area contributed by atoms with Crippen LogP contribution in [-0.4, -0.2) is 36.4 Å². The van der Waals surface area contributed by atoms with E-state index < -0.39 is 45.8 Å². The average molecular weight is 320 g/mol. The summed E-state index contributed by atoms with van der Waals surface area (Å²) in [6.07, 6.45) is 0.953. The van der Waals surface area contributed by atoms with Crippen LogP contribution in [0.3, 0.4) is 0 Å². The maximum atomic E-state index is 12.5. The van der Waals surface area contributed by atoms with E-state index in [1.165, 1.54) is 6.07 Å². The van der Waals surface area contributed by atoms with E-state index in [0.29, 0.717) is 12.8 Å². The van der Waals surface area contributed by atoms with Crippen LogP contribution in [0.25, 0.3) is 0 Å². The summed E-state index contributed by atoms with van der Waals surface area (Å²) < 4.78 is 0. The number of carbonyl (C=O) groups excluding carboxylic acids is 1. The highest BCUT2D eigenvalue weighted by Crippen LogP contribution is 2.43. The fraction of sp³-hybridized carbons (Fsp3) is 0.188. The molecule has 0 aliphatic rings. The molecule has 0 bridgehead atoms. The van der Waals surface area contributed by atoms with E-state index in [0.717, 1.165) is 12.1 Å². The van der Waals surface area contributed by atoms with Crippen LogP contribution in [0, 0.1) is 0 Å². The summed E-state index contributed by atoms with van der Waals surface area (Å²) in [5.74, 6) is -5.02. The van der Waals surface area contributed by atoms with Gasteiger partial charge in [-0.25, -0.2) is 0 Å². The SMILES string of the molecule is CCCc1cc(C(=O)c2c(O)cc(O)cc2O)c(O)c(O)c1O. The van der Waals surface area contributed by atoms with Crippen LogP contribution in [0.4, 0.5) is 0 Å². The van der Waals surface area contributed by atoms with Gasteiger partial charge < -0.3 is 30.6 Å². The number of hydrogen-bond donors (Lipinski definition) is 6. The van der Waals surface area contributed by atoms with Crippen molar-refractivity contribution in [2.45, 2.75) is 19.8 Å². The maximum absolute atomic E-state index is 12.5. The fourth-order valence-corrected chi connectivity index (χ4v) is 2.30. The number of carbonyl (C=O) groups is 1. The van der Waals surface area contributed by atoms with Gasteiger partial charge in [0.25, 0.3) is 0 Å². The predicted octanol–water partition coefficient (Wildman–Crippen LogP) is 2.10. The zero-order valence-electron chi connectivity index (χ0n) is 12.2. The van der Waals surface area contributed by atoms with Gasteiger partial charge in [-0.2, -0.15) is 0 Å². The lowest BCUT2D eigenvalue weighted by atomic mass is 9.96. The molecule has 0 fully saturated rings. The number of hydrogen-bond acceptors (Lipinski definition) is 7. The molecule has 0 unspecified atom stereocenters. The molecular weight excluding hydrogens is 304 g/mol. The van der Waals surface area contributed by atoms with Crippen LogP contribution in [0.5, 0.6) is 34.5 Å². The van der Waals surface area contributed by atoms with E-state index in [9.17, 15) is 35.4 Å². The van der Waals surface area contributed by atoms with Gasteiger partial charge in [-0.1, -0.05) is 13.3 Å². The number of phenols is 6. The highest BCUT2D eigenvalue weighted by Gasteiger charge is 2.26. The normalized spacial score (nSPS) is 10.7. The monoisotopic (exact) mass is 320 g/mol. The highest BCUT2D eigenvalue weighted by molar-refractivity contribution is 6.14. The van der Waals surface area contributed by atoms with E-state index >= 15 is 0 Å². The van der Waals surface area contributed by atoms with Crippen LogP contribution in [0.2, 0.25) is 0 Å². The fourth-order valence-electron chi connectivity index (χ4n) is 2.30. The molecule has 0 aliphatic heterocycles. The summed E-state index contributed by atoms with van der Waals surface area (Å²) in [5, 5.41) is 58.2. The summed E-state index contributed by atoms with van der Waals surface area (Å²) in [6.45, 7) is 1.82. The molecule has 7 heteroatoms. The summed E-state index contributed by atoms with van der Waals surface area (Å²) >= 11 is 0. The van der Waals surface area contributed by atoms with Crippen molar-refractivity contribution in [3.63, 3.8) is 0 Å². The Morgan fingerprint density at radius 3 is 1.96 bits per heavy atom. The smallest absolute Gasteiger partial charge is 0.204 e. The highest BCUT2D eigenvalue weighted by atomic mass is 16.3. The second-order valence-corrected chi connectivity index (χ2v) is 5.07. The molecule has 0 amide bonds. The van der Waals surface area contributed by atoms with E-state index in [1.807, 2.05) is 6.92 Å². The van der Waals surface area contributed by atoms with Crippen LogP contribution in [0.1, 0.15) is 34.8 Å².